The minimum Gasteiger partial charge on any atom is -0.394 e. The van der Waals surface area contributed by atoms with Gasteiger partial charge >= 0.3 is 0 Å². The van der Waals surface area contributed by atoms with Gasteiger partial charge in [-0.05, 0) is 0 Å². The van der Waals surface area contributed by atoms with E-state index in [1.54, 1.807) is 0 Å². The Labute approximate surface area is 159 Å². The van der Waals surface area contributed by atoms with Crippen molar-refractivity contribution in [1.82, 2.24) is 0 Å². The number of hydrogen-bond donors (Lipinski definition) is 8. The van der Waals surface area contributed by atoms with Crippen molar-refractivity contribution in [3.63, 3.8) is 0 Å². The Morgan fingerprint density at radius 3 is 2.14 bits per heavy atom. The topological polar surface area (TPSA) is 216 Å². The Balaban J connectivity index is 1.93. The molecule has 2 rings (SSSR count). The summed E-state index contributed by atoms with van der Waals surface area (Å²) in [5, 5.41) is 77.5. The fraction of sp³-hybridized carbons (Fsp3) is 0.933. The van der Waals surface area contributed by atoms with Crippen molar-refractivity contribution in [3.05, 3.63) is 0 Å². The lowest BCUT2D eigenvalue weighted by Gasteiger charge is -2.42. The first-order valence-corrected chi connectivity index (χ1v) is 8.58. The van der Waals surface area contributed by atoms with Crippen molar-refractivity contribution in [3.8, 4) is 0 Å². The molecule has 0 aromatic carbocycles. The molecule has 2 aliphatic rings. The predicted octanol–water partition coefficient (Wildman–Crippen LogP) is -5.81. The van der Waals surface area contributed by atoms with Gasteiger partial charge in [-0.2, -0.15) is 0 Å². The van der Waals surface area contributed by atoms with Gasteiger partial charge in [-0.15, -0.1) is 0 Å². The molecule has 0 spiro atoms. The number of rotatable bonds is 8. The first-order chi connectivity index (χ1) is 13.2. The molecule has 28 heavy (non-hydrogen) atoms. The summed E-state index contributed by atoms with van der Waals surface area (Å²) in [6.07, 6.45) is -17.1. The van der Waals surface area contributed by atoms with Gasteiger partial charge in [0.2, 0.25) is 0 Å². The normalized spacial score (nSPS) is 42.6. The Bertz CT molecular complexity index is 493. The fourth-order valence-corrected chi connectivity index (χ4v) is 2.78. The lowest BCUT2D eigenvalue weighted by atomic mass is 10.0. The number of aliphatic hydroxyl groups excluding tert-OH is 8. The van der Waals surface area contributed by atoms with Crippen molar-refractivity contribution in [2.24, 2.45) is 0 Å². The Morgan fingerprint density at radius 2 is 1.54 bits per heavy atom. The summed E-state index contributed by atoms with van der Waals surface area (Å²) in [6, 6.07) is 0. The van der Waals surface area contributed by atoms with E-state index in [-0.39, 0.29) is 19.5 Å². The third kappa shape index (κ3) is 5.21. The van der Waals surface area contributed by atoms with Crippen molar-refractivity contribution in [1.29, 1.82) is 0 Å². The lowest BCUT2D eigenvalue weighted by molar-refractivity contribution is -0.336. The van der Waals surface area contributed by atoms with Gasteiger partial charge in [0.15, 0.2) is 18.9 Å². The van der Waals surface area contributed by atoms with Gasteiger partial charge in [0, 0.05) is 0 Å². The molecule has 11 unspecified atom stereocenters. The summed E-state index contributed by atoms with van der Waals surface area (Å²) in [7, 11) is 0. The average molecular weight is 414 g/mol. The average Bonchev–Trinajstić information content (AvgIpc) is 2.69. The van der Waals surface area contributed by atoms with Gasteiger partial charge in [-0.3, -0.25) is 0 Å². The molecule has 13 heteroatoms. The van der Waals surface area contributed by atoms with Crippen molar-refractivity contribution < 1.29 is 64.6 Å². The van der Waals surface area contributed by atoms with E-state index < -0.39 is 74.1 Å². The van der Waals surface area contributed by atoms with E-state index in [9.17, 15) is 45.6 Å². The van der Waals surface area contributed by atoms with E-state index in [4.69, 9.17) is 18.9 Å². The van der Waals surface area contributed by atoms with Crippen LogP contribution in [0.15, 0.2) is 0 Å². The van der Waals surface area contributed by atoms with Crippen LogP contribution < -0.4 is 0 Å². The van der Waals surface area contributed by atoms with E-state index >= 15 is 0 Å². The first kappa shape index (κ1) is 23.5. The molecular weight excluding hydrogens is 388 g/mol. The molecule has 0 aromatic rings. The highest BCUT2D eigenvalue weighted by Gasteiger charge is 2.46. The highest BCUT2D eigenvalue weighted by Crippen LogP contribution is 2.25. The number of carbonyl (C=O) groups excluding carboxylic acids is 1. The summed E-state index contributed by atoms with van der Waals surface area (Å²) >= 11 is 0. The minimum atomic E-state index is -1.84. The second kappa shape index (κ2) is 10.3. The summed E-state index contributed by atoms with van der Waals surface area (Å²) < 4.78 is 20.7. The zero-order valence-corrected chi connectivity index (χ0v) is 14.7. The minimum absolute atomic E-state index is 0.0361. The molecular formula is C15H26O13. The molecule has 0 radical (unpaired) electrons. The smallest absolute Gasteiger partial charge is 0.186 e. The fourth-order valence-electron chi connectivity index (χ4n) is 2.78. The molecule has 0 aromatic heterocycles. The molecule has 0 bridgehead atoms. The molecule has 0 aliphatic carbocycles. The molecule has 0 amide bonds. The van der Waals surface area contributed by atoms with Crippen molar-refractivity contribution in [2.45, 2.75) is 67.5 Å². The standard InChI is InChI=1S/C15H26O13/c16-1-5(18)9(20)7(2-17)27-15-13(24)11(22)8(4-26-15)28-14-12(23)10(21)6(19)3-25-14/h1,5-15,17-24H,2-4H2. The summed E-state index contributed by atoms with van der Waals surface area (Å²) in [5.74, 6) is 0. The van der Waals surface area contributed by atoms with E-state index in [2.05, 4.69) is 0 Å². The highest BCUT2D eigenvalue weighted by atomic mass is 16.7. The number of aldehydes is 1. The lowest BCUT2D eigenvalue weighted by Crippen LogP contribution is -2.60. The molecule has 13 nitrogen and oxygen atoms in total. The third-order valence-corrected chi connectivity index (χ3v) is 4.56. The highest BCUT2D eigenvalue weighted by molar-refractivity contribution is 5.56. The molecule has 2 aliphatic heterocycles. The Morgan fingerprint density at radius 1 is 0.929 bits per heavy atom. The van der Waals surface area contributed by atoms with Gasteiger partial charge in [0.25, 0.3) is 0 Å². The van der Waals surface area contributed by atoms with Crippen molar-refractivity contribution >= 4 is 6.29 Å². The monoisotopic (exact) mass is 414 g/mol. The van der Waals surface area contributed by atoms with Gasteiger partial charge < -0.3 is 64.6 Å². The van der Waals surface area contributed by atoms with Gasteiger partial charge in [0.1, 0.15) is 54.9 Å². The second-order valence-corrected chi connectivity index (χ2v) is 6.58. The van der Waals surface area contributed by atoms with Gasteiger partial charge in [-0.1, -0.05) is 0 Å². The largest absolute Gasteiger partial charge is 0.394 e. The summed E-state index contributed by atoms with van der Waals surface area (Å²) in [6.45, 7) is -1.52. The Kier molecular flexibility index (Phi) is 8.62. The van der Waals surface area contributed by atoms with Gasteiger partial charge in [-0.25, -0.2) is 0 Å². The molecule has 2 heterocycles. The summed E-state index contributed by atoms with van der Waals surface area (Å²) in [4.78, 5) is 10.5. The van der Waals surface area contributed by atoms with Crippen LogP contribution in [0, 0.1) is 0 Å². The quantitative estimate of drug-likeness (QED) is 0.174. The maximum absolute atomic E-state index is 10.5. The first-order valence-electron chi connectivity index (χ1n) is 8.58. The zero-order chi connectivity index (χ0) is 21.0. The number of hydrogen-bond acceptors (Lipinski definition) is 13. The van der Waals surface area contributed by atoms with Crippen LogP contribution in [0.3, 0.4) is 0 Å². The molecule has 164 valence electrons. The summed E-state index contributed by atoms with van der Waals surface area (Å²) in [5.41, 5.74) is 0. The van der Waals surface area contributed by atoms with Crippen molar-refractivity contribution in [2.75, 3.05) is 19.8 Å². The SMILES string of the molecule is O=CC(O)C(O)C(CO)OC1OCC(OC2OCC(O)C(O)C2O)C(O)C1O. The maximum Gasteiger partial charge on any atom is 0.186 e. The van der Waals surface area contributed by atoms with Crippen LogP contribution in [0.4, 0.5) is 0 Å². The molecule has 8 N–H and O–H groups in total. The van der Waals surface area contributed by atoms with Crippen LogP contribution in [0.1, 0.15) is 0 Å². The van der Waals surface area contributed by atoms with E-state index in [1.807, 2.05) is 0 Å². The Hall–Kier alpha value is -0.810. The van der Waals surface area contributed by atoms with Crippen LogP contribution in [-0.2, 0) is 23.7 Å². The molecule has 2 fully saturated rings. The second-order valence-electron chi connectivity index (χ2n) is 6.58. The van der Waals surface area contributed by atoms with E-state index in [0.29, 0.717) is 0 Å². The molecule has 0 saturated carbocycles. The van der Waals surface area contributed by atoms with E-state index in [1.165, 1.54) is 0 Å². The van der Waals surface area contributed by atoms with Crippen LogP contribution in [0.5, 0.6) is 0 Å². The zero-order valence-electron chi connectivity index (χ0n) is 14.7. The predicted molar refractivity (Wildman–Crippen MR) is 84.4 cm³/mol. The molecule has 2 saturated heterocycles. The van der Waals surface area contributed by atoms with Crippen LogP contribution >= 0.6 is 0 Å². The van der Waals surface area contributed by atoms with E-state index in [0.717, 1.165) is 0 Å². The third-order valence-electron chi connectivity index (χ3n) is 4.56. The van der Waals surface area contributed by atoms with Gasteiger partial charge in [0.05, 0.1) is 19.8 Å². The number of carbonyl (C=O) groups is 1. The maximum atomic E-state index is 10.5. The van der Waals surface area contributed by atoms with Crippen LogP contribution in [-0.4, -0.2) is 134 Å². The molecule has 11 atom stereocenters. The number of aliphatic hydroxyl groups is 8. The van der Waals surface area contributed by atoms with Crippen LogP contribution in [0.25, 0.3) is 0 Å². The number of ether oxygens (including phenoxy) is 4. The van der Waals surface area contributed by atoms with Crippen LogP contribution in [0.2, 0.25) is 0 Å².